The molecule has 4 rings (SSSR count). The molecule has 2 heterocycles. The van der Waals surface area contributed by atoms with Crippen molar-refractivity contribution < 1.29 is 4.79 Å². The highest BCUT2D eigenvalue weighted by atomic mass is 32.1. The van der Waals surface area contributed by atoms with Gasteiger partial charge in [0.2, 0.25) is 0 Å². The van der Waals surface area contributed by atoms with E-state index in [9.17, 15) is 4.79 Å². The third kappa shape index (κ3) is 2.55. The lowest BCUT2D eigenvalue weighted by Crippen LogP contribution is -2.35. The molecule has 0 N–H and O–H groups in total. The maximum atomic E-state index is 13.1. The minimum atomic E-state index is 0.0542. The van der Waals surface area contributed by atoms with Crippen LogP contribution in [0, 0.1) is 0 Å². The van der Waals surface area contributed by atoms with Crippen LogP contribution >= 0.6 is 11.3 Å². The van der Waals surface area contributed by atoms with Crippen LogP contribution in [0.2, 0.25) is 0 Å². The van der Waals surface area contributed by atoms with Crippen molar-refractivity contribution in [3.05, 3.63) is 70.5 Å². The summed E-state index contributed by atoms with van der Waals surface area (Å²) < 4.78 is 0. The summed E-state index contributed by atoms with van der Waals surface area (Å²) in [5.74, 6) is 0.0542. The SMILES string of the molecule is O=C(c1scnc1-c1ccccc1)N1CCCc2ccccc21. The Kier molecular flexibility index (Phi) is 3.67. The highest BCUT2D eigenvalue weighted by molar-refractivity contribution is 7.12. The van der Waals surface area contributed by atoms with Gasteiger partial charge >= 0.3 is 0 Å². The average Bonchev–Trinajstić information content (AvgIpc) is 3.11. The van der Waals surface area contributed by atoms with Crippen LogP contribution in [-0.2, 0) is 6.42 Å². The molecule has 0 fully saturated rings. The van der Waals surface area contributed by atoms with Gasteiger partial charge in [-0.3, -0.25) is 4.79 Å². The summed E-state index contributed by atoms with van der Waals surface area (Å²) in [6.07, 6.45) is 2.04. The minimum Gasteiger partial charge on any atom is -0.307 e. The second-order valence-corrected chi connectivity index (χ2v) is 6.44. The molecule has 1 aliphatic heterocycles. The number of hydrogen-bond acceptors (Lipinski definition) is 3. The average molecular weight is 320 g/mol. The molecule has 3 nitrogen and oxygen atoms in total. The first kappa shape index (κ1) is 14.2. The van der Waals surface area contributed by atoms with Gasteiger partial charge in [-0.1, -0.05) is 48.5 Å². The summed E-state index contributed by atoms with van der Waals surface area (Å²) >= 11 is 1.42. The molecule has 0 spiro atoms. The van der Waals surface area contributed by atoms with Crippen molar-refractivity contribution in [1.82, 2.24) is 4.98 Å². The minimum absolute atomic E-state index is 0.0542. The lowest BCUT2D eigenvalue weighted by atomic mass is 10.0. The van der Waals surface area contributed by atoms with Crippen LogP contribution in [0.4, 0.5) is 5.69 Å². The standard InChI is InChI=1S/C19H16N2OS/c22-19(21-12-6-10-14-7-4-5-11-16(14)21)18-17(20-13-23-18)15-8-2-1-3-9-15/h1-5,7-9,11,13H,6,10,12H2. The molecule has 0 unspecified atom stereocenters. The Bertz CT molecular complexity index is 841. The molecule has 0 saturated heterocycles. The normalized spacial score (nSPS) is 13.7. The van der Waals surface area contributed by atoms with Gasteiger partial charge in [-0.15, -0.1) is 11.3 Å². The van der Waals surface area contributed by atoms with Gasteiger partial charge in [0.05, 0.1) is 11.2 Å². The highest BCUT2D eigenvalue weighted by Gasteiger charge is 2.26. The van der Waals surface area contributed by atoms with E-state index in [-0.39, 0.29) is 5.91 Å². The summed E-state index contributed by atoms with van der Waals surface area (Å²) in [7, 11) is 0. The molecule has 114 valence electrons. The molecule has 3 aromatic rings. The highest BCUT2D eigenvalue weighted by Crippen LogP contribution is 2.32. The zero-order valence-corrected chi connectivity index (χ0v) is 13.4. The van der Waals surface area contributed by atoms with Gasteiger partial charge in [0.25, 0.3) is 5.91 Å². The molecule has 1 aromatic heterocycles. The van der Waals surface area contributed by atoms with Crippen LogP contribution in [0.1, 0.15) is 21.7 Å². The summed E-state index contributed by atoms with van der Waals surface area (Å²) in [4.78, 5) is 20.2. The number of hydrogen-bond donors (Lipinski definition) is 0. The number of fused-ring (bicyclic) bond motifs is 1. The first-order chi connectivity index (χ1) is 11.3. The van der Waals surface area contributed by atoms with Gasteiger partial charge in [-0.05, 0) is 24.5 Å². The number of anilines is 1. The fourth-order valence-corrected chi connectivity index (χ4v) is 3.82. The number of aryl methyl sites for hydroxylation is 1. The van der Waals surface area contributed by atoms with Crippen molar-refractivity contribution in [1.29, 1.82) is 0 Å². The van der Waals surface area contributed by atoms with Crippen molar-refractivity contribution in [2.75, 3.05) is 11.4 Å². The molecule has 0 saturated carbocycles. The summed E-state index contributed by atoms with van der Waals surface area (Å²) in [6.45, 7) is 0.766. The second kappa shape index (κ2) is 5.97. The van der Waals surface area contributed by atoms with Crippen molar-refractivity contribution in [3.63, 3.8) is 0 Å². The van der Waals surface area contributed by atoms with Gasteiger partial charge in [-0.25, -0.2) is 4.98 Å². The van der Waals surface area contributed by atoms with Gasteiger partial charge < -0.3 is 4.90 Å². The topological polar surface area (TPSA) is 33.2 Å². The Morgan fingerprint density at radius 1 is 1.04 bits per heavy atom. The Labute approximate surface area is 139 Å². The Morgan fingerprint density at radius 3 is 2.70 bits per heavy atom. The molecular formula is C19H16N2OS. The summed E-state index contributed by atoms with van der Waals surface area (Å²) in [5, 5.41) is 0. The first-order valence-corrected chi connectivity index (χ1v) is 8.61. The molecule has 0 radical (unpaired) electrons. The number of carbonyl (C=O) groups is 1. The number of nitrogens with zero attached hydrogens (tertiary/aromatic N) is 2. The molecule has 1 amide bonds. The summed E-state index contributed by atoms with van der Waals surface area (Å²) in [6, 6.07) is 18.1. The largest absolute Gasteiger partial charge is 0.307 e. The second-order valence-electron chi connectivity index (χ2n) is 5.59. The van der Waals surface area contributed by atoms with E-state index in [1.807, 2.05) is 53.4 Å². The maximum absolute atomic E-state index is 13.1. The molecule has 0 atom stereocenters. The molecule has 0 bridgehead atoms. The molecule has 1 aliphatic rings. The van der Waals surface area contributed by atoms with E-state index < -0.39 is 0 Å². The third-order valence-corrected chi connectivity index (χ3v) is 4.98. The van der Waals surface area contributed by atoms with E-state index in [4.69, 9.17) is 0 Å². The van der Waals surface area contributed by atoms with Crippen LogP contribution in [-0.4, -0.2) is 17.4 Å². The Balaban J connectivity index is 1.74. The van der Waals surface area contributed by atoms with Crippen molar-refractivity contribution in [3.8, 4) is 11.3 Å². The van der Waals surface area contributed by atoms with Gasteiger partial charge in [-0.2, -0.15) is 0 Å². The number of carbonyl (C=O) groups excluding carboxylic acids is 1. The van der Waals surface area contributed by atoms with Gasteiger partial charge in [0, 0.05) is 17.8 Å². The van der Waals surface area contributed by atoms with Crippen LogP contribution in [0.3, 0.4) is 0 Å². The van der Waals surface area contributed by atoms with Crippen molar-refractivity contribution >= 4 is 22.9 Å². The van der Waals surface area contributed by atoms with E-state index in [0.29, 0.717) is 4.88 Å². The van der Waals surface area contributed by atoms with E-state index in [2.05, 4.69) is 11.1 Å². The van der Waals surface area contributed by atoms with E-state index in [1.165, 1.54) is 16.9 Å². The number of amides is 1. The lowest BCUT2D eigenvalue weighted by molar-refractivity contribution is 0.0989. The van der Waals surface area contributed by atoms with E-state index >= 15 is 0 Å². The monoisotopic (exact) mass is 320 g/mol. The Morgan fingerprint density at radius 2 is 1.83 bits per heavy atom. The number of benzene rings is 2. The van der Waals surface area contributed by atoms with Crippen LogP contribution < -0.4 is 4.90 Å². The molecule has 2 aromatic carbocycles. The van der Waals surface area contributed by atoms with Gasteiger partial charge in [0.1, 0.15) is 4.88 Å². The predicted octanol–water partition coefficient (Wildman–Crippen LogP) is 4.40. The summed E-state index contributed by atoms with van der Waals surface area (Å²) in [5.41, 5.74) is 5.81. The molecule has 0 aliphatic carbocycles. The maximum Gasteiger partial charge on any atom is 0.270 e. The zero-order valence-electron chi connectivity index (χ0n) is 12.6. The van der Waals surface area contributed by atoms with Crippen LogP contribution in [0.5, 0.6) is 0 Å². The fraction of sp³-hybridized carbons (Fsp3) is 0.158. The number of rotatable bonds is 2. The van der Waals surface area contributed by atoms with Crippen LogP contribution in [0.15, 0.2) is 60.1 Å². The molecular weight excluding hydrogens is 304 g/mol. The van der Waals surface area contributed by atoms with E-state index in [1.54, 1.807) is 5.51 Å². The molecule has 4 heteroatoms. The number of para-hydroxylation sites is 1. The smallest absolute Gasteiger partial charge is 0.270 e. The predicted molar refractivity (Wildman–Crippen MR) is 94.0 cm³/mol. The van der Waals surface area contributed by atoms with Crippen LogP contribution in [0.25, 0.3) is 11.3 Å². The zero-order chi connectivity index (χ0) is 15.6. The fourth-order valence-electron chi connectivity index (χ4n) is 3.07. The third-order valence-electron chi connectivity index (χ3n) is 4.16. The van der Waals surface area contributed by atoms with Gasteiger partial charge in [0.15, 0.2) is 0 Å². The Hall–Kier alpha value is -2.46. The first-order valence-electron chi connectivity index (χ1n) is 7.73. The molecule has 23 heavy (non-hydrogen) atoms. The van der Waals surface area contributed by atoms with Crippen molar-refractivity contribution in [2.24, 2.45) is 0 Å². The van der Waals surface area contributed by atoms with E-state index in [0.717, 1.165) is 36.3 Å². The number of aromatic nitrogens is 1. The quantitative estimate of drug-likeness (QED) is 0.701. The number of thiazole rings is 1. The lowest BCUT2D eigenvalue weighted by Gasteiger charge is -2.29. The van der Waals surface area contributed by atoms with Crippen molar-refractivity contribution in [2.45, 2.75) is 12.8 Å².